The first-order valence-electron chi connectivity index (χ1n) is 25.8. The monoisotopic (exact) mass is 861 g/mol. The molecule has 0 rings (SSSR count). The van der Waals surface area contributed by atoms with Crippen molar-refractivity contribution in [3.8, 4) is 0 Å². The van der Waals surface area contributed by atoms with E-state index in [-0.39, 0.29) is 25.2 Å². The van der Waals surface area contributed by atoms with Crippen molar-refractivity contribution >= 4 is 11.9 Å². The Morgan fingerprint density at radius 2 is 0.726 bits per heavy atom. The zero-order chi connectivity index (χ0) is 44.9. The molecule has 0 spiro atoms. The fraction of sp³-hybridized carbons (Fsp3) is 0.684. The molecule has 1 atom stereocenters. The quantitative estimate of drug-likeness (QED) is 0.0347. The summed E-state index contributed by atoms with van der Waals surface area (Å²) in [7, 11) is 0. The maximum atomic E-state index is 12.8. The molecule has 0 fully saturated rings. The lowest BCUT2D eigenvalue weighted by molar-refractivity contribution is -0.163. The average molecular weight is 861 g/mol. The number of unbranched alkanes of at least 4 members (excludes halogenated alkanes) is 19. The minimum atomic E-state index is -0.564. The molecule has 0 bridgehead atoms. The van der Waals surface area contributed by atoms with Gasteiger partial charge in [0.1, 0.15) is 6.61 Å². The van der Waals surface area contributed by atoms with Gasteiger partial charge in [-0.25, -0.2) is 0 Å². The standard InChI is InChI=1S/C57H96O5/c1-4-7-10-13-16-19-22-25-27-28-29-30-31-33-35-38-41-44-47-50-56(58)61-54-55(53-60-52-49-46-43-40-37-34-26-23-20-17-14-11-8-5-2)62-57(59)51-48-45-42-39-36-32-24-21-18-15-12-9-6-3/h7-8,10-11,16-17,19-20,25-27,29-30,33-35,55H,4-6,9,12-15,18,21-24,28,31-32,36-54H2,1-3H3/b10-7-,11-8-,19-16-,20-17-,27-25-,30-29-,34-26-,35-33-. The number of hydrogen-bond acceptors (Lipinski definition) is 5. The topological polar surface area (TPSA) is 61.8 Å². The maximum absolute atomic E-state index is 12.8. The third-order valence-corrected chi connectivity index (χ3v) is 10.6. The molecule has 0 aliphatic heterocycles. The molecular weight excluding hydrogens is 765 g/mol. The molecule has 0 aliphatic carbocycles. The molecule has 0 radical (unpaired) electrons. The van der Waals surface area contributed by atoms with Gasteiger partial charge in [0.05, 0.1) is 6.61 Å². The molecule has 1 unspecified atom stereocenters. The van der Waals surface area contributed by atoms with Crippen LogP contribution < -0.4 is 0 Å². The van der Waals surface area contributed by atoms with Crippen LogP contribution in [0.5, 0.6) is 0 Å². The molecule has 0 saturated carbocycles. The van der Waals surface area contributed by atoms with Crippen molar-refractivity contribution in [2.75, 3.05) is 19.8 Å². The lowest BCUT2D eigenvalue weighted by Gasteiger charge is -2.18. The van der Waals surface area contributed by atoms with Crippen LogP contribution >= 0.6 is 0 Å². The number of esters is 2. The van der Waals surface area contributed by atoms with Gasteiger partial charge in [-0.05, 0) is 96.3 Å². The second-order valence-corrected chi connectivity index (χ2v) is 16.7. The summed E-state index contributed by atoms with van der Waals surface area (Å²) in [5.41, 5.74) is 0. The normalized spacial score (nSPS) is 13.0. The van der Waals surface area contributed by atoms with Crippen LogP contribution in [-0.2, 0) is 23.8 Å². The Bertz CT molecular complexity index is 1200. The summed E-state index contributed by atoms with van der Waals surface area (Å²) in [5.74, 6) is -0.448. The third kappa shape index (κ3) is 49.5. The predicted octanol–water partition coefficient (Wildman–Crippen LogP) is 17.5. The Morgan fingerprint density at radius 3 is 1.18 bits per heavy atom. The maximum Gasteiger partial charge on any atom is 0.306 e. The fourth-order valence-electron chi connectivity index (χ4n) is 6.84. The Hall–Kier alpha value is -3.18. The molecule has 0 aromatic heterocycles. The van der Waals surface area contributed by atoms with Crippen LogP contribution in [0.2, 0.25) is 0 Å². The lowest BCUT2D eigenvalue weighted by Crippen LogP contribution is -2.30. The highest BCUT2D eigenvalue weighted by Gasteiger charge is 2.17. The van der Waals surface area contributed by atoms with Crippen LogP contribution in [0.25, 0.3) is 0 Å². The predicted molar refractivity (Wildman–Crippen MR) is 270 cm³/mol. The Kier molecular flexibility index (Phi) is 49.5. The molecule has 0 amide bonds. The Balaban J connectivity index is 4.36. The van der Waals surface area contributed by atoms with Gasteiger partial charge in [0.2, 0.25) is 0 Å². The smallest absolute Gasteiger partial charge is 0.306 e. The van der Waals surface area contributed by atoms with E-state index < -0.39 is 6.10 Å². The van der Waals surface area contributed by atoms with Gasteiger partial charge in [-0.1, -0.05) is 214 Å². The first kappa shape index (κ1) is 58.8. The number of rotatable bonds is 46. The second-order valence-electron chi connectivity index (χ2n) is 16.7. The van der Waals surface area contributed by atoms with Gasteiger partial charge in [0, 0.05) is 19.4 Å². The van der Waals surface area contributed by atoms with Crippen molar-refractivity contribution in [3.05, 3.63) is 97.2 Å². The molecular formula is C57H96O5. The Morgan fingerprint density at radius 1 is 0.371 bits per heavy atom. The number of ether oxygens (including phenoxy) is 3. The highest BCUT2D eigenvalue weighted by Crippen LogP contribution is 2.14. The zero-order valence-corrected chi connectivity index (χ0v) is 40.6. The van der Waals surface area contributed by atoms with Crippen LogP contribution in [0.4, 0.5) is 0 Å². The third-order valence-electron chi connectivity index (χ3n) is 10.6. The molecule has 0 N–H and O–H groups in total. The van der Waals surface area contributed by atoms with E-state index in [9.17, 15) is 9.59 Å². The zero-order valence-electron chi connectivity index (χ0n) is 40.6. The molecule has 0 aliphatic rings. The molecule has 354 valence electrons. The first-order chi connectivity index (χ1) is 30.6. The lowest BCUT2D eigenvalue weighted by atomic mass is 10.0. The average Bonchev–Trinajstić information content (AvgIpc) is 3.27. The van der Waals surface area contributed by atoms with Crippen molar-refractivity contribution in [1.82, 2.24) is 0 Å². The molecule has 0 saturated heterocycles. The van der Waals surface area contributed by atoms with Crippen LogP contribution in [0.1, 0.15) is 226 Å². The summed E-state index contributed by atoms with van der Waals surface area (Å²) >= 11 is 0. The van der Waals surface area contributed by atoms with E-state index in [0.29, 0.717) is 19.4 Å². The second kappa shape index (κ2) is 52.2. The summed E-state index contributed by atoms with van der Waals surface area (Å²) in [6.07, 6.45) is 69.9. The number of carbonyl (C=O) groups excluding carboxylic acids is 2. The summed E-state index contributed by atoms with van der Waals surface area (Å²) in [6, 6.07) is 0. The van der Waals surface area contributed by atoms with E-state index in [1.807, 2.05) is 0 Å². The first-order valence-corrected chi connectivity index (χ1v) is 25.8. The summed E-state index contributed by atoms with van der Waals surface area (Å²) in [4.78, 5) is 25.4. The number of carbonyl (C=O) groups is 2. The Labute approximate surface area is 383 Å². The van der Waals surface area contributed by atoms with Crippen molar-refractivity contribution in [1.29, 1.82) is 0 Å². The van der Waals surface area contributed by atoms with E-state index in [1.54, 1.807) is 0 Å². The van der Waals surface area contributed by atoms with E-state index >= 15 is 0 Å². The summed E-state index contributed by atoms with van der Waals surface area (Å²) < 4.78 is 17.4. The van der Waals surface area contributed by atoms with Gasteiger partial charge in [-0.2, -0.15) is 0 Å². The largest absolute Gasteiger partial charge is 0.462 e. The summed E-state index contributed by atoms with van der Waals surface area (Å²) in [6.45, 7) is 7.52. The van der Waals surface area contributed by atoms with Gasteiger partial charge in [-0.15, -0.1) is 0 Å². The van der Waals surface area contributed by atoms with Crippen LogP contribution in [0, 0.1) is 0 Å². The molecule has 0 heterocycles. The van der Waals surface area contributed by atoms with Crippen molar-refractivity contribution in [2.24, 2.45) is 0 Å². The van der Waals surface area contributed by atoms with Gasteiger partial charge in [0.25, 0.3) is 0 Å². The van der Waals surface area contributed by atoms with Crippen molar-refractivity contribution in [3.63, 3.8) is 0 Å². The van der Waals surface area contributed by atoms with Gasteiger partial charge in [-0.3, -0.25) is 9.59 Å². The minimum absolute atomic E-state index is 0.0557. The van der Waals surface area contributed by atoms with Crippen molar-refractivity contribution < 1.29 is 23.8 Å². The van der Waals surface area contributed by atoms with E-state index in [0.717, 1.165) is 109 Å². The fourth-order valence-corrected chi connectivity index (χ4v) is 6.84. The van der Waals surface area contributed by atoms with Crippen LogP contribution in [0.15, 0.2) is 97.2 Å². The van der Waals surface area contributed by atoms with E-state index in [4.69, 9.17) is 14.2 Å². The van der Waals surface area contributed by atoms with Gasteiger partial charge in [0.15, 0.2) is 6.10 Å². The van der Waals surface area contributed by atoms with E-state index in [1.165, 1.54) is 83.5 Å². The number of allylic oxidation sites excluding steroid dienone is 16. The van der Waals surface area contributed by atoms with E-state index in [2.05, 4.69) is 118 Å². The summed E-state index contributed by atoms with van der Waals surface area (Å²) in [5, 5.41) is 0. The van der Waals surface area contributed by atoms with Crippen LogP contribution in [-0.4, -0.2) is 37.9 Å². The molecule has 0 aromatic carbocycles. The van der Waals surface area contributed by atoms with Gasteiger partial charge >= 0.3 is 11.9 Å². The molecule has 5 nitrogen and oxygen atoms in total. The number of hydrogen-bond donors (Lipinski definition) is 0. The SMILES string of the molecule is CC/C=C\C/C=C\C/C=C\C/C=C\C/C=C\CCCCCC(=O)OCC(COCCCCCC/C=C\C/C=C\C/C=C\CC)OC(=O)CCCCCCCCCCCCCCC. The van der Waals surface area contributed by atoms with Crippen LogP contribution in [0.3, 0.4) is 0 Å². The van der Waals surface area contributed by atoms with Gasteiger partial charge < -0.3 is 14.2 Å². The van der Waals surface area contributed by atoms with Crippen molar-refractivity contribution in [2.45, 2.75) is 232 Å². The molecule has 5 heteroatoms. The highest BCUT2D eigenvalue weighted by molar-refractivity contribution is 5.70. The molecule has 62 heavy (non-hydrogen) atoms. The molecule has 0 aromatic rings. The highest BCUT2D eigenvalue weighted by atomic mass is 16.6. The minimum Gasteiger partial charge on any atom is -0.462 e.